The molecule has 0 saturated heterocycles. The maximum absolute atomic E-state index is 14.1. The van der Waals surface area contributed by atoms with Crippen LogP contribution in [-0.2, 0) is 14.8 Å². The molecule has 156 valence electrons. The van der Waals surface area contributed by atoms with Crippen molar-refractivity contribution in [3.05, 3.63) is 58.3 Å². The van der Waals surface area contributed by atoms with Crippen molar-refractivity contribution in [2.24, 2.45) is 0 Å². The molecule has 1 aliphatic carbocycles. The Bertz CT molecular complexity index is 974. The monoisotopic (exact) mass is 482 g/mol. The fourth-order valence-corrected chi connectivity index (χ4v) is 5.52. The maximum atomic E-state index is 14.1. The van der Waals surface area contributed by atoms with Gasteiger partial charge in [0, 0.05) is 10.5 Å². The Labute approximate surface area is 179 Å². The van der Waals surface area contributed by atoms with E-state index in [0.29, 0.717) is 17.3 Å². The summed E-state index contributed by atoms with van der Waals surface area (Å²) in [7, 11) is -3.85. The second-order valence-corrected chi connectivity index (χ2v) is 10.1. The van der Waals surface area contributed by atoms with Crippen molar-refractivity contribution < 1.29 is 17.6 Å². The van der Waals surface area contributed by atoms with Gasteiger partial charge in [-0.15, -0.1) is 0 Å². The Balaban J connectivity index is 1.85. The Kier molecular flexibility index (Phi) is 7.08. The van der Waals surface area contributed by atoms with Crippen LogP contribution in [0.15, 0.2) is 51.8 Å². The van der Waals surface area contributed by atoms with E-state index in [0.717, 1.165) is 24.8 Å². The Morgan fingerprint density at radius 3 is 2.41 bits per heavy atom. The van der Waals surface area contributed by atoms with E-state index >= 15 is 0 Å². The van der Waals surface area contributed by atoms with Crippen LogP contribution in [0.2, 0.25) is 0 Å². The second-order valence-electron chi connectivity index (χ2n) is 7.33. The molecular formula is C21H24BrFN2O3S. The molecule has 1 fully saturated rings. The summed E-state index contributed by atoms with van der Waals surface area (Å²) in [4.78, 5) is 12.8. The Morgan fingerprint density at radius 1 is 1.14 bits per heavy atom. The fourth-order valence-electron chi connectivity index (χ4n) is 3.55. The zero-order chi connectivity index (χ0) is 21.0. The molecule has 1 N–H and O–H groups in total. The number of nitrogens with one attached hydrogen (secondary N) is 1. The molecule has 1 saturated carbocycles. The molecule has 3 rings (SSSR count). The summed E-state index contributed by atoms with van der Waals surface area (Å²) in [5.74, 6) is -1.15. The lowest BCUT2D eigenvalue weighted by atomic mass is 9.95. The first-order valence-corrected chi connectivity index (χ1v) is 11.8. The summed E-state index contributed by atoms with van der Waals surface area (Å²) in [5, 5.41) is 2.50. The highest BCUT2D eigenvalue weighted by molar-refractivity contribution is 9.10. The summed E-state index contributed by atoms with van der Waals surface area (Å²) >= 11 is 3.17. The van der Waals surface area contributed by atoms with E-state index in [-0.39, 0.29) is 23.2 Å². The van der Waals surface area contributed by atoms with Crippen molar-refractivity contribution in [1.82, 2.24) is 4.31 Å². The number of rotatable bonds is 6. The molecule has 0 radical (unpaired) electrons. The molecule has 2 aromatic rings. The number of carbonyl (C=O) groups excluding carboxylic acids is 1. The zero-order valence-corrected chi connectivity index (χ0v) is 18.6. The molecule has 0 heterocycles. The van der Waals surface area contributed by atoms with Crippen molar-refractivity contribution in [2.45, 2.75) is 50.0 Å². The second kappa shape index (κ2) is 9.36. The first kappa shape index (κ1) is 21.9. The van der Waals surface area contributed by atoms with E-state index in [1.54, 1.807) is 30.3 Å². The third-order valence-corrected chi connectivity index (χ3v) is 7.52. The molecule has 1 amide bonds. The van der Waals surface area contributed by atoms with Gasteiger partial charge >= 0.3 is 0 Å². The number of nitrogens with zero attached hydrogens (tertiary/aromatic N) is 1. The van der Waals surface area contributed by atoms with E-state index in [9.17, 15) is 17.6 Å². The van der Waals surface area contributed by atoms with Crippen LogP contribution < -0.4 is 5.32 Å². The molecule has 0 atom stereocenters. The first-order chi connectivity index (χ1) is 13.8. The summed E-state index contributed by atoms with van der Waals surface area (Å²) in [6.07, 6.45) is 4.34. The van der Waals surface area contributed by atoms with Gasteiger partial charge in [-0.25, -0.2) is 12.8 Å². The van der Waals surface area contributed by atoms with Gasteiger partial charge < -0.3 is 5.32 Å². The number of aryl methyl sites for hydroxylation is 1. The zero-order valence-electron chi connectivity index (χ0n) is 16.2. The van der Waals surface area contributed by atoms with Crippen LogP contribution in [0.4, 0.5) is 10.1 Å². The van der Waals surface area contributed by atoms with Crippen molar-refractivity contribution in [2.75, 3.05) is 11.9 Å². The van der Waals surface area contributed by atoms with Gasteiger partial charge in [-0.3, -0.25) is 4.79 Å². The van der Waals surface area contributed by atoms with Crippen molar-refractivity contribution in [1.29, 1.82) is 0 Å². The average molecular weight is 483 g/mol. The topological polar surface area (TPSA) is 66.5 Å². The number of sulfonamides is 1. The summed E-state index contributed by atoms with van der Waals surface area (Å²) in [6, 6.07) is 10.7. The summed E-state index contributed by atoms with van der Waals surface area (Å²) < 4.78 is 42.5. The van der Waals surface area contributed by atoms with Gasteiger partial charge in [-0.1, -0.05) is 52.9 Å². The van der Waals surface area contributed by atoms with Crippen molar-refractivity contribution in [3.63, 3.8) is 0 Å². The highest BCUT2D eigenvalue weighted by Crippen LogP contribution is 2.28. The number of carbonyl (C=O) groups is 1. The normalized spacial score (nSPS) is 15.4. The minimum atomic E-state index is -3.85. The highest BCUT2D eigenvalue weighted by Gasteiger charge is 2.34. The van der Waals surface area contributed by atoms with Crippen LogP contribution in [-0.4, -0.2) is 31.2 Å². The third kappa shape index (κ3) is 5.43. The van der Waals surface area contributed by atoms with Crippen LogP contribution in [0, 0.1) is 12.7 Å². The smallest absolute Gasteiger partial charge is 0.243 e. The van der Waals surface area contributed by atoms with E-state index in [2.05, 4.69) is 21.2 Å². The fraction of sp³-hybridized carbons (Fsp3) is 0.381. The molecule has 5 nitrogen and oxygen atoms in total. The summed E-state index contributed by atoms with van der Waals surface area (Å²) in [6.45, 7) is 1.53. The van der Waals surface area contributed by atoms with Crippen LogP contribution in [0.5, 0.6) is 0 Å². The number of hydrogen-bond donors (Lipinski definition) is 1. The SMILES string of the molecule is Cc1ccc(S(=O)(=O)N(CC(=O)Nc2ccc(Br)cc2F)C2CCCCC2)cc1. The van der Waals surface area contributed by atoms with Gasteiger partial charge in [-0.05, 0) is 50.1 Å². The van der Waals surface area contributed by atoms with Crippen LogP contribution in [0.25, 0.3) is 0 Å². The summed E-state index contributed by atoms with van der Waals surface area (Å²) in [5.41, 5.74) is 0.978. The highest BCUT2D eigenvalue weighted by atomic mass is 79.9. The van der Waals surface area contributed by atoms with E-state index < -0.39 is 21.7 Å². The lowest BCUT2D eigenvalue weighted by molar-refractivity contribution is -0.116. The lowest BCUT2D eigenvalue weighted by Gasteiger charge is -2.33. The van der Waals surface area contributed by atoms with Gasteiger partial charge in [-0.2, -0.15) is 4.31 Å². The van der Waals surface area contributed by atoms with Crippen molar-refractivity contribution in [3.8, 4) is 0 Å². The number of halogens is 2. The van der Waals surface area contributed by atoms with Gasteiger partial charge in [0.05, 0.1) is 17.1 Å². The maximum Gasteiger partial charge on any atom is 0.243 e. The molecule has 1 aliphatic rings. The third-order valence-electron chi connectivity index (χ3n) is 5.11. The molecule has 0 aliphatic heterocycles. The molecule has 29 heavy (non-hydrogen) atoms. The van der Waals surface area contributed by atoms with Crippen LogP contribution in [0.1, 0.15) is 37.7 Å². The van der Waals surface area contributed by atoms with Gasteiger partial charge in [0.1, 0.15) is 5.82 Å². The van der Waals surface area contributed by atoms with E-state index in [1.807, 2.05) is 6.92 Å². The minimum Gasteiger partial charge on any atom is -0.322 e. The van der Waals surface area contributed by atoms with Crippen molar-refractivity contribution >= 4 is 37.5 Å². The molecule has 0 unspecified atom stereocenters. The minimum absolute atomic E-state index is 0.0227. The predicted octanol–water partition coefficient (Wildman–Crippen LogP) is 4.86. The van der Waals surface area contributed by atoms with E-state index in [4.69, 9.17) is 0 Å². The molecule has 0 bridgehead atoms. The quantitative estimate of drug-likeness (QED) is 0.639. The molecule has 0 aromatic heterocycles. The average Bonchev–Trinajstić information content (AvgIpc) is 2.69. The lowest BCUT2D eigenvalue weighted by Crippen LogP contribution is -2.45. The van der Waals surface area contributed by atoms with E-state index in [1.165, 1.54) is 16.4 Å². The molecular weight excluding hydrogens is 459 g/mol. The number of anilines is 1. The molecule has 2 aromatic carbocycles. The standard InChI is InChI=1S/C21H24BrFN2O3S/c1-15-7-10-18(11-8-15)29(27,28)25(17-5-3-2-4-6-17)14-21(26)24-20-12-9-16(22)13-19(20)23/h7-13,17H,2-6,14H2,1H3,(H,24,26). The Morgan fingerprint density at radius 2 is 1.79 bits per heavy atom. The van der Waals surface area contributed by atoms with Gasteiger partial charge in [0.2, 0.25) is 15.9 Å². The van der Waals surface area contributed by atoms with Gasteiger partial charge in [0.25, 0.3) is 0 Å². The number of amides is 1. The van der Waals surface area contributed by atoms with Gasteiger partial charge in [0.15, 0.2) is 0 Å². The number of hydrogen-bond acceptors (Lipinski definition) is 3. The first-order valence-electron chi connectivity index (χ1n) is 9.61. The van der Waals surface area contributed by atoms with Crippen LogP contribution >= 0.6 is 15.9 Å². The molecule has 0 spiro atoms. The predicted molar refractivity (Wildman–Crippen MR) is 115 cm³/mol. The van der Waals surface area contributed by atoms with Crippen LogP contribution in [0.3, 0.4) is 0 Å². The largest absolute Gasteiger partial charge is 0.322 e. The number of benzene rings is 2. The Hall–Kier alpha value is -1.77. The molecule has 8 heteroatoms.